The number of carbonyl (C=O) groups excluding carboxylic acids is 2. The van der Waals surface area contributed by atoms with Gasteiger partial charge < -0.3 is 0 Å². The van der Waals surface area contributed by atoms with Gasteiger partial charge in [-0.2, -0.15) is 0 Å². The van der Waals surface area contributed by atoms with Crippen molar-refractivity contribution in [3.63, 3.8) is 0 Å². The molecule has 0 saturated heterocycles. The second kappa shape index (κ2) is 7.98. The van der Waals surface area contributed by atoms with Crippen LogP contribution in [0.25, 0.3) is 0 Å². The minimum atomic E-state index is -3.70. The van der Waals surface area contributed by atoms with E-state index in [0.717, 1.165) is 12.1 Å². The zero-order valence-corrected chi connectivity index (χ0v) is 12.9. The zero-order valence-electron chi connectivity index (χ0n) is 12.1. The fourth-order valence-corrected chi connectivity index (χ4v) is 2.91. The Kier molecular flexibility index (Phi) is 6.61. The van der Waals surface area contributed by atoms with Crippen LogP contribution in [-0.2, 0) is 14.8 Å². The molecule has 1 aromatic rings. The first-order valence-electron chi connectivity index (χ1n) is 6.76. The summed E-state index contributed by atoms with van der Waals surface area (Å²) in [6, 6.07) is 2.50. The zero-order chi connectivity index (χ0) is 16.8. The monoisotopic (exact) mass is 333 g/mol. The summed E-state index contributed by atoms with van der Waals surface area (Å²) in [6.45, 7) is 1.81. The van der Waals surface area contributed by atoms with Crippen molar-refractivity contribution in [2.24, 2.45) is 0 Å². The lowest BCUT2D eigenvalue weighted by Crippen LogP contribution is -2.32. The van der Waals surface area contributed by atoms with Crippen LogP contribution >= 0.6 is 0 Å². The molecule has 122 valence electrons. The molecule has 0 heterocycles. The molecular weight excluding hydrogens is 316 g/mol. The number of ketones is 1. The summed E-state index contributed by atoms with van der Waals surface area (Å²) in [5.41, 5.74) is -0.331. The predicted octanol–water partition coefficient (Wildman–Crippen LogP) is 2.17. The number of halogens is 2. The molecule has 22 heavy (non-hydrogen) atoms. The second-order valence-corrected chi connectivity index (χ2v) is 6.59. The predicted molar refractivity (Wildman–Crippen MR) is 76.8 cm³/mol. The van der Waals surface area contributed by atoms with Crippen molar-refractivity contribution in [2.45, 2.75) is 32.6 Å². The maximum absolute atomic E-state index is 13.4. The lowest BCUT2D eigenvalue weighted by Gasteiger charge is -2.06. The van der Waals surface area contributed by atoms with Gasteiger partial charge in [0, 0.05) is 18.9 Å². The van der Waals surface area contributed by atoms with E-state index in [4.69, 9.17) is 0 Å². The summed E-state index contributed by atoms with van der Waals surface area (Å²) in [4.78, 5) is 23.2. The molecule has 0 fully saturated rings. The quantitative estimate of drug-likeness (QED) is 0.739. The average Bonchev–Trinajstić information content (AvgIpc) is 2.42. The molecule has 0 saturated carbocycles. The van der Waals surface area contributed by atoms with Crippen LogP contribution in [0.4, 0.5) is 8.78 Å². The van der Waals surface area contributed by atoms with Crippen LogP contribution in [0.2, 0.25) is 0 Å². The minimum Gasteiger partial charge on any atom is -0.294 e. The number of sulfonamides is 1. The molecule has 0 aliphatic carbocycles. The number of carbonyl (C=O) groups is 2. The standard InChI is InChI=1S/C14H17F2NO4S/c1-2-3-8-22(20,21)17-14(19)7-6-13(18)11-5-4-10(15)9-12(11)16/h4-5,9H,2-3,6-8H2,1H3,(H,17,19). The van der Waals surface area contributed by atoms with E-state index < -0.39 is 33.3 Å². The van der Waals surface area contributed by atoms with Crippen molar-refractivity contribution >= 4 is 21.7 Å². The Morgan fingerprint density at radius 3 is 2.45 bits per heavy atom. The Balaban J connectivity index is 2.55. The Morgan fingerprint density at radius 2 is 1.86 bits per heavy atom. The summed E-state index contributed by atoms with van der Waals surface area (Å²) >= 11 is 0. The molecule has 0 atom stereocenters. The van der Waals surface area contributed by atoms with E-state index in [-0.39, 0.29) is 24.2 Å². The molecule has 0 aliphatic rings. The summed E-state index contributed by atoms with van der Waals surface area (Å²) in [6.07, 6.45) is 0.332. The average molecular weight is 333 g/mol. The van der Waals surface area contributed by atoms with Gasteiger partial charge in [-0.15, -0.1) is 0 Å². The Bertz CT molecular complexity index is 659. The van der Waals surface area contributed by atoms with Crippen LogP contribution < -0.4 is 4.72 Å². The normalized spacial score (nSPS) is 11.2. The van der Waals surface area contributed by atoms with Gasteiger partial charge in [0.2, 0.25) is 15.9 Å². The van der Waals surface area contributed by atoms with E-state index in [0.29, 0.717) is 18.9 Å². The van der Waals surface area contributed by atoms with Gasteiger partial charge in [-0.1, -0.05) is 13.3 Å². The third-order valence-corrected chi connectivity index (χ3v) is 4.21. The number of hydrogen-bond acceptors (Lipinski definition) is 4. The van der Waals surface area contributed by atoms with E-state index in [1.807, 2.05) is 11.6 Å². The fraction of sp³-hybridized carbons (Fsp3) is 0.429. The first-order chi connectivity index (χ1) is 10.2. The van der Waals surface area contributed by atoms with E-state index in [1.165, 1.54) is 0 Å². The topological polar surface area (TPSA) is 80.3 Å². The highest BCUT2D eigenvalue weighted by Crippen LogP contribution is 2.12. The third kappa shape index (κ3) is 5.88. The highest BCUT2D eigenvalue weighted by Gasteiger charge is 2.17. The van der Waals surface area contributed by atoms with E-state index in [1.54, 1.807) is 0 Å². The highest BCUT2D eigenvalue weighted by atomic mass is 32.2. The first kappa shape index (κ1) is 18.2. The van der Waals surface area contributed by atoms with Crippen LogP contribution in [0.5, 0.6) is 0 Å². The lowest BCUT2D eigenvalue weighted by molar-refractivity contribution is -0.119. The maximum atomic E-state index is 13.4. The summed E-state index contributed by atoms with van der Waals surface area (Å²) in [7, 11) is -3.70. The van der Waals surface area contributed by atoms with Gasteiger partial charge in [-0.3, -0.25) is 14.3 Å². The molecule has 0 spiro atoms. The smallest absolute Gasteiger partial charge is 0.234 e. The maximum Gasteiger partial charge on any atom is 0.234 e. The van der Waals surface area contributed by atoms with Crippen LogP contribution in [0.3, 0.4) is 0 Å². The molecule has 1 amide bonds. The SMILES string of the molecule is CCCCS(=O)(=O)NC(=O)CCC(=O)c1ccc(F)cc1F. The molecular formula is C14H17F2NO4S. The van der Waals surface area contributed by atoms with Gasteiger partial charge in [0.15, 0.2) is 5.78 Å². The molecule has 0 bridgehead atoms. The number of hydrogen-bond donors (Lipinski definition) is 1. The molecule has 1 N–H and O–H groups in total. The Hall–Kier alpha value is -1.83. The minimum absolute atomic E-state index is 0.171. The lowest BCUT2D eigenvalue weighted by atomic mass is 10.1. The van der Waals surface area contributed by atoms with E-state index >= 15 is 0 Å². The van der Waals surface area contributed by atoms with Gasteiger partial charge in [0.25, 0.3) is 0 Å². The van der Waals surface area contributed by atoms with Gasteiger partial charge >= 0.3 is 0 Å². The Labute approximate surface area is 127 Å². The highest BCUT2D eigenvalue weighted by molar-refractivity contribution is 7.90. The molecule has 0 aliphatic heterocycles. The van der Waals surface area contributed by atoms with Crippen molar-refractivity contribution < 1.29 is 26.8 Å². The summed E-state index contributed by atoms with van der Waals surface area (Å²) in [5.74, 6) is -3.52. The first-order valence-corrected chi connectivity index (χ1v) is 8.42. The van der Waals surface area contributed by atoms with Gasteiger partial charge in [0.1, 0.15) is 11.6 Å². The number of unbranched alkanes of at least 4 members (excludes halogenated alkanes) is 1. The number of rotatable bonds is 8. The van der Waals surface area contributed by atoms with Crippen molar-refractivity contribution in [3.05, 3.63) is 35.4 Å². The molecule has 8 heteroatoms. The number of Topliss-reactive ketones (excluding diaryl/α,β-unsaturated/α-hetero) is 1. The molecule has 1 aromatic carbocycles. The second-order valence-electron chi connectivity index (χ2n) is 4.75. The number of nitrogens with one attached hydrogen (secondary N) is 1. The Morgan fingerprint density at radius 1 is 1.18 bits per heavy atom. The van der Waals surface area contributed by atoms with Crippen molar-refractivity contribution in [1.82, 2.24) is 4.72 Å². The van der Waals surface area contributed by atoms with Crippen molar-refractivity contribution in [3.8, 4) is 0 Å². The van der Waals surface area contributed by atoms with Crippen LogP contribution in [0, 0.1) is 11.6 Å². The van der Waals surface area contributed by atoms with E-state index in [9.17, 15) is 26.8 Å². The van der Waals surface area contributed by atoms with Gasteiger partial charge in [-0.25, -0.2) is 17.2 Å². The molecule has 0 radical (unpaired) electrons. The van der Waals surface area contributed by atoms with Gasteiger partial charge in [0.05, 0.1) is 11.3 Å². The molecule has 1 rings (SSSR count). The number of amides is 1. The van der Waals surface area contributed by atoms with Crippen LogP contribution in [-0.4, -0.2) is 25.9 Å². The van der Waals surface area contributed by atoms with Crippen molar-refractivity contribution in [1.29, 1.82) is 0 Å². The van der Waals surface area contributed by atoms with Crippen molar-refractivity contribution in [2.75, 3.05) is 5.75 Å². The third-order valence-electron chi connectivity index (χ3n) is 2.85. The van der Waals surface area contributed by atoms with E-state index in [2.05, 4.69) is 0 Å². The fourth-order valence-electron chi connectivity index (χ4n) is 1.69. The molecule has 5 nitrogen and oxygen atoms in total. The van der Waals surface area contributed by atoms with Crippen LogP contribution in [0.1, 0.15) is 43.0 Å². The largest absolute Gasteiger partial charge is 0.294 e. The summed E-state index contributed by atoms with van der Waals surface area (Å²) < 4.78 is 50.9. The van der Waals surface area contributed by atoms with Gasteiger partial charge in [-0.05, 0) is 18.6 Å². The van der Waals surface area contributed by atoms with Crippen LogP contribution in [0.15, 0.2) is 18.2 Å². The summed E-state index contributed by atoms with van der Waals surface area (Å²) in [5, 5.41) is 0. The molecule has 0 aromatic heterocycles. The molecule has 0 unspecified atom stereocenters. The number of benzene rings is 1.